The van der Waals surface area contributed by atoms with Crippen LogP contribution in [0.2, 0.25) is 0 Å². The molecule has 1 amide bonds. The third-order valence-corrected chi connectivity index (χ3v) is 5.37. The van der Waals surface area contributed by atoms with Gasteiger partial charge >= 0.3 is 0 Å². The summed E-state index contributed by atoms with van der Waals surface area (Å²) in [4.78, 5) is 20.5. The van der Waals surface area contributed by atoms with E-state index in [4.69, 9.17) is 5.73 Å². The normalized spacial score (nSPS) is 15.7. The van der Waals surface area contributed by atoms with Crippen LogP contribution in [0.3, 0.4) is 0 Å². The highest BCUT2D eigenvalue weighted by atomic mass is 35.5. The van der Waals surface area contributed by atoms with Crippen molar-refractivity contribution in [2.45, 2.75) is 38.8 Å². The van der Waals surface area contributed by atoms with Gasteiger partial charge in [-0.15, -0.1) is 36.2 Å². The lowest BCUT2D eigenvalue weighted by atomic mass is 9.96. The molecular weight excluding hydrogens is 365 g/mol. The van der Waals surface area contributed by atoms with E-state index in [1.165, 1.54) is 10.6 Å². The van der Waals surface area contributed by atoms with Crippen LogP contribution >= 0.6 is 36.2 Å². The number of halogens is 2. The number of nitrogens with two attached hydrogens (primary N) is 1. The highest BCUT2D eigenvalue weighted by Gasteiger charge is 2.29. The van der Waals surface area contributed by atoms with Gasteiger partial charge in [-0.05, 0) is 43.9 Å². The maximum absolute atomic E-state index is 12.7. The minimum atomic E-state index is 0. The number of amides is 1. The van der Waals surface area contributed by atoms with Gasteiger partial charge in [-0.3, -0.25) is 4.79 Å². The predicted octanol–water partition coefficient (Wildman–Crippen LogP) is 3.90. The second kappa shape index (κ2) is 8.81. The second-order valence-corrected chi connectivity index (χ2v) is 7.00. The Bertz CT molecular complexity index is 688. The molecule has 2 aromatic rings. The quantitative estimate of drug-likeness (QED) is 0.868. The van der Waals surface area contributed by atoms with Gasteiger partial charge in [0.1, 0.15) is 0 Å². The van der Waals surface area contributed by atoms with Gasteiger partial charge in [-0.1, -0.05) is 12.1 Å². The van der Waals surface area contributed by atoms with Crippen LogP contribution in [0.15, 0.2) is 24.3 Å². The molecule has 3 rings (SSSR count). The first kappa shape index (κ1) is 20.9. The number of thiazole rings is 1. The molecule has 1 aromatic carbocycles. The van der Waals surface area contributed by atoms with Crippen molar-refractivity contribution in [3.8, 4) is 0 Å². The van der Waals surface area contributed by atoms with Gasteiger partial charge in [-0.2, -0.15) is 0 Å². The van der Waals surface area contributed by atoms with Crippen LogP contribution in [0.1, 0.15) is 50.4 Å². The fourth-order valence-corrected chi connectivity index (χ4v) is 4.17. The van der Waals surface area contributed by atoms with Crippen molar-refractivity contribution >= 4 is 42.1 Å². The fraction of sp³-hybridized carbons (Fsp3) is 0.412. The highest BCUT2D eigenvalue weighted by Crippen LogP contribution is 2.37. The van der Waals surface area contributed by atoms with Crippen molar-refractivity contribution in [2.24, 2.45) is 5.73 Å². The van der Waals surface area contributed by atoms with E-state index in [0.29, 0.717) is 12.1 Å². The molecule has 1 unspecified atom stereocenters. The van der Waals surface area contributed by atoms with E-state index in [1.54, 1.807) is 11.3 Å². The van der Waals surface area contributed by atoms with Crippen LogP contribution in [-0.2, 0) is 13.0 Å². The summed E-state index contributed by atoms with van der Waals surface area (Å²) in [6.07, 6.45) is 3.13. The molecule has 4 nitrogen and oxygen atoms in total. The van der Waals surface area contributed by atoms with Gasteiger partial charge in [0.25, 0.3) is 5.91 Å². The summed E-state index contributed by atoms with van der Waals surface area (Å²) in [7, 11) is 1.90. The Morgan fingerprint density at radius 1 is 1.33 bits per heavy atom. The molecule has 24 heavy (non-hydrogen) atoms. The Morgan fingerprint density at radius 3 is 2.62 bits per heavy atom. The van der Waals surface area contributed by atoms with Crippen LogP contribution in [0.5, 0.6) is 0 Å². The van der Waals surface area contributed by atoms with Gasteiger partial charge in [-0.25, -0.2) is 4.98 Å². The van der Waals surface area contributed by atoms with E-state index in [9.17, 15) is 4.79 Å². The first-order valence-corrected chi connectivity index (χ1v) is 8.44. The third-order valence-electron chi connectivity index (χ3n) is 4.25. The van der Waals surface area contributed by atoms with Crippen molar-refractivity contribution in [3.63, 3.8) is 0 Å². The van der Waals surface area contributed by atoms with E-state index < -0.39 is 0 Å². The largest absolute Gasteiger partial charge is 0.334 e. The number of fused-ring (bicyclic) bond motifs is 1. The topological polar surface area (TPSA) is 59.2 Å². The Balaban J connectivity index is 0.00000144. The number of aromatic nitrogens is 1. The molecule has 0 bridgehead atoms. The highest BCUT2D eigenvalue weighted by molar-refractivity contribution is 7.11. The molecule has 1 aliphatic carbocycles. The summed E-state index contributed by atoms with van der Waals surface area (Å²) < 4.78 is 0. The van der Waals surface area contributed by atoms with Crippen LogP contribution in [0.4, 0.5) is 0 Å². The zero-order chi connectivity index (χ0) is 15.7. The molecule has 132 valence electrons. The lowest BCUT2D eigenvalue weighted by Crippen LogP contribution is -2.32. The average Bonchev–Trinajstić information content (AvgIpc) is 2.93. The van der Waals surface area contributed by atoms with Crippen LogP contribution in [-0.4, -0.2) is 22.8 Å². The van der Waals surface area contributed by atoms with Gasteiger partial charge in [0.05, 0.1) is 21.6 Å². The molecule has 0 radical (unpaired) electrons. The number of hydrogen-bond donors (Lipinski definition) is 1. The summed E-state index contributed by atoms with van der Waals surface area (Å²) in [6, 6.07) is 7.72. The number of benzene rings is 1. The Morgan fingerprint density at radius 2 is 2.00 bits per heavy atom. The molecule has 0 aliphatic heterocycles. The van der Waals surface area contributed by atoms with Crippen LogP contribution < -0.4 is 5.73 Å². The number of rotatable bonds is 3. The molecule has 2 N–H and O–H groups in total. The van der Waals surface area contributed by atoms with Crippen molar-refractivity contribution in [3.05, 3.63) is 51.0 Å². The zero-order valence-electron chi connectivity index (χ0n) is 13.8. The standard InChI is InChI=1S/C17H21N3OS.2ClH/c1-11-19-14-4-3-5-15(16(14)22-11)20(2)17(21)13-8-6-12(10-18)7-9-13;;/h6-9,15H,3-5,10,18H2,1-2H3;2*1H. The first-order valence-electron chi connectivity index (χ1n) is 7.62. The van der Waals surface area contributed by atoms with Crippen LogP contribution in [0, 0.1) is 6.92 Å². The lowest BCUT2D eigenvalue weighted by molar-refractivity contribution is 0.0718. The molecule has 0 spiro atoms. The Kier molecular flexibility index (Phi) is 7.67. The third kappa shape index (κ3) is 4.09. The zero-order valence-corrected chi connectivity index (χ0v) is 16.3. The van der Waals surface area contributed by atoms with E-state index >= 15 is 0 Å². The molecule has 0 fully saturated rings. The predicted molar refractivity (Wildman–Crippen MR) is 103 cm³/mol. The SMILES string of the molecule is Cc1nc2c(s1)C(N(C)C(=O)c1ccc(CN)cc1)CCC2.Cl.Cl. The number of carbonyl (C=O) groups excluding carboxylic acids is 1. The number of nitrogens with zero attached hydrogens (tertiary/aromatic N) is 2. The molecule has 1 aliphatic rings. The lowest BCUT2D eigenvalue weighted by Gasteiger charge is -2.30. The monoisotopic (exact) mass is 387 g/mol. The number of carbonyl (C=O) groups is 1. The Labute approximate surface area is 159 Å². The average molecular weight is 388 g/mol. The van der Waals surface area contributed by atoms with Gasteiger partial charge < -0.3 is 10.6 Å². The molecule has 1 heterocycles. The molecule has 7 heteroatoms. The van der Waals surface area contributed by atoms with Crippen molar-refractivity contribution < 1.29 is 4.79 Å². The van der Waals surface area contributed by atoms with E-state index in [1.807, 2.05) is 43.1 Å². The molecule has 0 saturated carbocycles. The molecule has 0 saturated heterocycles. The second-order valence-electron chi connectivity index (χ2n) is 5.77. The molecule has 1 aromatic heterocycles. The number of hydrogen-bond acceptors (Lipinski definition) is 4. The fourth-order valence-electron chi connectivity index (χ4n) is 3.02. The summed E-state index contributed by atoms with van der Waals surface area (Å²) in [6.45, 7) is 2.53. The summed E-state index contributed by atoms with van der Waals surface area (Å²) in [5.41, 5.74) is 8.54. The minimum absolute atomic E-state index is 0. The summed E-state index contributed by atoms with van der Waals surface area (Å²) >= 11 is 1.72. The van der Waals surface area contributed by atoms with E-state index in [0.717, 1.165) is 29.8 Å². The summed E-state index contributed by atoms with van der Waals surface area (Å²) in [5, 5.41) is 1.09. The van der Waals surface area contributed by atoms with E-state index in [-0.39, 0.29) is 36.8 Å². The molecule has 1 atom stereocenters. The minimum Gasteiger partial charge on any atom is -0.334 e. The maximum atomic E-state index is 12.7. The van der Waals surface area contributed by atoms with Gasteiger partial charge in [0.2, 0.25) is 0 Å². The van der Waals surface area contributed by atoms with Gasteiger partial charge in [0, 0.05) is 19.2 Å². The van der Waals surface area contributed by atoms with Crippen molar-refractivity contribution in [1.29, 1.82) is 0 Å². The van der Waals surface area contributed by atoms with Crippen molar-refractivity contribution in [2.75, 3.05) is 7.05 Å². The smallest absolute Gasteiger partial charge is 0.254 e. The molecular formula is C17H23Cl2N3OS. The van der Waals surface area contributed by atoms with E-state index in [2.05, 4.69) is 4.98 Å². The van der Waals surface area contributed by atoms with Crippen LogP contribution in [0.25, 0.3) is 0 Å². The van der Waals surface area contributed by atoms with Crippen molar-refractivity contribution in [1.82, 2.24) is 9.88 Å². The number of aryl methyl sites for hydroxylation is 2. The first-order chi connectivity index (χ1) is 10.6. The maximum Gasteiger partial charge on any atom is 0.254 e. The Hall–Kier alpha value is -1.14. The van der Waals surface area contributed by atoms with Gasteiger partial charge in [0.15, 0.2) is 0 Å². The summed E-state index contributed by atoms with van der Waals surface area (Å²) in [5.74, 6) is 0.0625.